The molecule has 0 heterocycles. The first-order chi connectivity index (χ1) is 14.1. The highest BCUT2D eigenvalue weighted by Crippen LogP contribution is 2.46. The van der Waals surface area contributed by atoms with Crippen molar-refractivity contribution in [1.29, 1.82) is 0 Å². The van der Waals surface area contributed by atoms with Crippen molar-refractivity contribution in [3.8, 4) is 23.0 Å². The molecule has 0 aliphatic carbocycles. The molecule has 8 nitrogen and oxygen atoms in total. The Labute approximate surface area is 188 Å². The molecule has 0 atom stereocenters. The van der Waals surface area contributed by atoms with Gasteiger partial charge in [0.05, 0.1) is 25.7 Å². The van der Waals surface area contributed by atoms with Crippen LogP contribution in [0, 0.1) is 13.8 Å². The smallest absolute Gasteiger partial charge is 0.384 e. The standard InChI is InChI=1S/C21H30NO7P.ClH/c1-5-28-30(27,29-6-2)12-22-11-17(15-7-9-18(23)13(3)20(15)25)16-8-10-19(24)14(4)21(16)26;/h7-10,17,22-26H,5-6,11-12H2,1-4H3;1H. The zero-order valence-corrected chi connectivity index (χ0v) is 19.8. The molecular weight excluding hydrogens is 445 g/mol. The van der Waals surface area contributed by atoms with Gasteiger partial charge in [0.15, 0.2) is 6.29 Å². The zero-order valence-electron chi connectivity index (χ0n) is 18.1. The Balaban J connectivity index is 0.00000480. The highest BCUT2D eigenvalue weighted by molar-refractivity contribution is 7.53. The molecule has 0 aromatic heterocycles. The van der Waals surface area contributed by atoms with Crippen molar-refractivity contribution in [3.05, 3.63) is 46.5 Å². The predicted octanol–water partition coefficient (Wildman–Crippen LogP) is 0.0487. The van der Waals surface area contributed by atoms with Crippen LogP contribution in [0.2, 0.25) is 0 Å². The summed E-state index contributed by atoms with van der Waals surface area (Å²) in [5.41, 5.74) is 1.62. The second-order valence-electron chi connectivity index (χ2n) is 7.00. The molecule has 0 unspecified atom stereocenters. The predicted molar refractivity (Wildman–Crippen MR) is 113 cm³/mol. The van der Waals surface area contributed by atoms with Crippen molar-refractivity contribution in [2.45, 2.75) is 33.6 Å². The van der Waals surface area contributed by atoms with Gasteiger partial charge in [-0.05, 0) is 39.8 Å². The summed E-state index contributed by atoms with van der Waals surface area (Å²) in [6, 6.07) is 6.13. The van der Waals surface area contributed by atoms with Crippen LogP contribution < -0.4 is 17.7 Å². The van der Waals surface area contributed by atoms with Gasteiger partial charge in [-0.25, -0.2) is 0 Å². The molecule has 0 saturated heterocycles. The van der Waals surface area contributed by atoms with Crippen LogP contribution in [-0.4, -0.2) is 46.5 Å². The minimum absolute atomic E-state index is 0. The van der Waals surface area contributed by atoms with E-state index in [0.717, 1.165) is 0 Å². The van der Waals surface area contributed by atoms with Gasteiger partial charge in [0, 0.05) is 22.3 Å². The van der Waals surface area contributed by atoms with E-state index in [0.29, 0.717) is 28.8 Å². The van der Waals surface area contributed by atoms with Crippen LogP contribution in [0.5, 0.6) is 23.0 Å². The summed E-state index contributed by atoms with van der Waals surface area (Å²) in [5.74, 6) is -0.766. The monoisotopic (exact) mass is 475 g/mol. The molecule has 0 aliphatic heterocycles. The molecule has 0 aliphatic rings. The Kier molecular flexibility index (Phi) is 10.1. The summed E-state index contributed by atoms with van der Waals surface area (Å²) < 4.78 is 23.4. The molecule has 31 heavy (non-hydrogen) atoms. The number of aromatic hydroxyl groups is 4. The van der Waals surface area contributed by atoms with Crippen LogP contribution in [0.4, 0.5) is 0 Å². The van der Waals surface area contributed by atoms with Gasteiger partial charge in [0.25, 0.3) is 0 Å². The van der Waals surface area contributed by atoms with Gasteiger partial charge >= 0.3 is 7.60 Å². The number of hydrogen-bond donors (Lipinski definition) is 5. The Bertz CT molecular complexity index is 871. The molecule has 0 radical (unpaired) electrons. The number of phenolic OH excluding ortho intramolecular Hbond substituents is 4. The lowest BCUT2D eigenvalue weighted by Gasteiger charge is -2.22. The van der Waals surface area contributed by atoms with Gasteiger partial charge in [0.2, 0.25) is 0 Å². The lowest BCUT2D eigenvalue weighted by molar-refractivity contribution is -0.641. The summed E-state index contributed by atoms with van der Waals surface area (Å²) in [6.45, 7) is 7.48. The fourth-order valence-electron chi connectivity index (χ4n) is 3.34. The normalized spacial score (nSPS) is 11.5. The fraction of sp³-hybridized carbons (Fsp3) is 0.429. The number of halogens is 1. The molecule has 0 bridgehead atoms. The van der Waals surface area contributed by atoms with E-state index in [1.165, 1.54) is 12.1 Å². The van der Waals surface area contributed by atoms with Crippen molar-refractivity contribution >= 4 is 7.60 Å². The summed E-state index contributed by atoms with van der Waals surface area (Å²) in [7, 11) is -3.28. The first-order valence-electron chi connectivity index (χ1n) is 9.87. The Hall–Kier alpha value is -1.96. The lowest BCUT2D eigenvalue weighted by Crippen LogP contribution is -3.00. The van der Waals surface area contributed by atoms with Gasteiger partial charge in [-0.2, -0.15) is 0 Å². The maximum absolute atomic E-state index is 12.8. The Morgan fingerprint density at radius 1 is 0.871 bits per heavy atom. The van der Waals surface area contributed by atoms with E-state index in [-0.39, 0.29) is 54.9 Å². The van der Waals surface area contributed by atoms with Crippen molar-refractivity contribution in [2.24, 2.45) is 0 Å². The highest BCUT2D eigenvalue weighted by atomic mass is 35.5. The fourth-order valence-corrected chi connectivity index (χ4v) is 4.88. The maximum atomic E-state index is 12.8. The third-order valence-electron chi connectivity index (χ3n) is 5.02. The third kappa shape index (κ3) is 6.28. The van der Waals surface area contributed by atoms with E-state index in [4.69, 9.17) is 9.05 Å². The van der Waals surface area contributed by atoms with Crippen LogP contribution >= 0.6 is 7.60 Å². The lowest BCUT2D eigenvalue weighted by atomic mass is 9.87. The SMILES string of the molecule is CCOP(=O)(C[NH2+]CC(c1ccc(O)c(C)c1O)c1ccc(O)c(C)c1O)OCC.[Cl-]. The molecule has 174 valence electrons. The van der Waals surface area contributed by atoms with Crippen LogP contribution in [-0.2, 0) is 13.6 Å². The van der Waals surface area contributed by atoms with Gasteiger partial charge in [0.1, 0.15) is 23.0 Å². The molecule has 0 spiro atoms. The van der Waals surface area contributed by atoms with Crippen LogP contribution in [0.1, 0.15) is 42.0 Å². The van der Waals surface area contributed by atoms with Gasteiger partial charge in [-0.15, -0.1) is 0 Å². The molecule has 0 saturated carbocycles. The van der Waals surface area contributed by atoms with Crippen LogP contribution in [0.3, 0.4) is 0 Å². The number of rotatable bonds is 10. The Morgan fingerprint density at radius 2 is 1.29 bits per heavy atom. The number of hydrogen-bond acceptors (Lipinski definition) is 7. The average molecular weight is 476 g/mol. The third-order valence-corrected chi connectivity index (χ3v) is 7.03. The van der Waals surface area contributed by atoms with E-state index in [2.05, 4.69) is 0 Å². The van der Waals surface area contributed by atoms with Gasteiger partial charge in [-0.3, -0.25) is 4.57 Å². The van der Waals surface area contributed by atoms with Crippen LogP contribution in [0.15, 0.2) is 24.3 Å². The summed E-state index contributed by atoms with van der Waals surface area (Å²) in [5, 5.41) is 42.8. The quantitative estimate of drug-likeness (QED) is 0.307. The minimum atomic E-state index is -3.28. The maximum Gasteiger partial charge on any atom is 0.384 e. The molecule has 2 aromatic rings. The Morgan fingerprint density at radius 3 is 1.68 bits per heavy atom. The summed E-state index contributed by atoms with van der Waals surface area (Å²) in [4.78, 5) is 0. The minimum Gasteiger partial charge on any atom is -1.00 e. The largest absolute Gasteiger partial charge is 1.00 e. The second-order valence-corrected chi connectivity index (χ2v) is 9.10. The van der Waals surface area contributed by atoms with E-state index in [1.54, 1.807) is 45.1 Å². The van der Waals surface area contributed by atoms with E-state index < -0.39 is 13.5 Å². The van der Waals surface area contributed by atoms with Gasteiger partial charge in [-0.1, -0.05) is 12.1 Å². The summed E-state index contributed by atoms with van der Waals surface area (Å²) >= 11 is 0. The van der Waals surface area contributed by atoms with E-state index in [1.807, 2.05) is 0 Å². The first-order valence-corrected chi connectivity index (χ1v) is 11.6. The van der Waals surface area contributed by atoms with Crippen molar-refractivity contribution in [1.82, 2.24) is 0 Å². The second kappa shape index (κ2) is 11.6. The first kappa shape index (κ1) is 27.1. The van der Waals surface area contributed by atoms with Crippen LogP contribution in [0.25, 0.3) is 0 Å². The molecule has 2 rings (SSSR count). The molecule has 2 aromatic carbocycles. The summed E-state index contributed by atoms with van der Waals surface area (Å²) in [6.07, 6.45) is 0.0703. The van der Waals surface area contributed by atoms with Crippen molar-refractivity contribution < 1.29 is 51.8 Å². The van der Waals surface area contributed by atoms with Crippen molar-refractivity contribution in [3.63, 3.8) is 0 Å². The number of nitrogens with two attached hydrogens (primary N) is 1. The zero-order chi connectivity index (χ0) is 22.5. The number of quaternary nitrogens is 1. The molecule has 0 fully saturated rings. The molecule has 0 amide bonds. The molecular formula is C21H31ClNO7P. The van der Waals surface area contributed by atoms with Gasteiger partial charge < -0.3 is 47.2 Å². The topological polar surface area (TPSA) is 133 Å². The van der Waals surface area contributed by atoms with E-state index >= 15 is 0 Å². The highest BCUT2D eigenvalue weighted by Gasteiger charge is 2.29. The van der Waals surface area contributed by atoms with Crippen molar-refractivity contribution in [2.75, 3.05) is 26.0 Å². The number of benzene rings is 2. The number of phenols is 4. The average Bonchev–Trinajstić information content (AvgIpc) is 2.69. The van der Waals surface area contributed by atoms with E-state index in [9.17, 15) is 25.0 Å². The molecule has 6 N–H and O–H groups in total. The molecule has 10 heteroatoms.